The van der Waals surface area contributed by atoms with Crippen LogP contribution in [0.1, 0.15) is 36.7 Å². The molecule has 5 heteroatoms. The molecule has 1 rings (SSSR count). The van der Waals surface area contributed by atoms with E-state index in [0.29, 0.717) is 12.0 Å². The van der Waals surface area contributed by atoms with Gasteiger partial charge in [0.2, 0.25) is 0 Å². The Morgan fingerprint density at radius 3 is 2.44 bits per heavy atom. The molecule has 0 fully saturated rings. The van der Waals surface area contributed by atoms with Crippen LogP contribution in [0.15, 0.2) is 18.2 Å². The van der Waals surface area contributed by atoms with Gasteiger partial charge >= 0.3 is 5.97 Å². The maximum Gasteiger partial charge on any atom is 0.338 e. The number of hydrogen-bond acceptors (Lipinski definition) is 4. The molecule has 98 valence electrons. The van der Waals surface area contributed by atoms with E-state index in [4.69, 9.17) is 0 Å². The van der Waals surface area contributed by atoms with Gasteiger partial charge in [-0.1, -0.05) is 26.8 Å². The van der Waals surface area contributed by atoms with Gasteiger partial charge in [0.1, 0.15) is 0 Å². The Kier molecular flexibility index (Phi) is 4.06. The summed E-state index contributed by atoms with van der Waals surface area (Å²) in [7, 11) is 1.25. The molecule has 1 aromatic rings. The van der Waals surface area contributed by atoms with E-state index in [-0.39, 0.29) is 16.7 Å². The van der Waals surface area contributed by atoms with Crippen LogP contribution in [-0.2, 0) is 11.2 Å². The standard InChI is InChI=1S/C13H17NO4/c1-13(2,3)8-10-6-5-9(12(15)18-4)7-11(10)14(16)17/h5-7H,8H2,1-4H3. The van der Waals surface area contributed by atoms with Gasteiger partial charge in [-0.3, -0.25) is 10.1 Å². The number of carbonyl (C=O) groups is 1. The van der Waals surface area contributed by atoms with Gasteiger partial charge in [-0.25, -0.2) is 4.79 Å². The van der Waals surface area contributed by atoms with Crippen LogP contribution >= 0.6 is 0 Å². The number of esters is 1. The Hall–Kier alpha value is -1.91. The van der Waals surface area contributed by atoms with E-state index in [1.54, 1.807) is 12.1 Å². The number of nitrogens with zero attached hydrogens (tertiary/aromatic N) is 1. The first kappa shape index (κ1) is 14.2. The summed E-state index contributed by atoms with van der Waals surface area (Å²) < 4.78 is 4.55. The third-order valence-electron chi connectivity index (χ3n) is 2.42. The van der Waals surface area contributed by atoms with Gasteiger partial charge < -0.3 is 4.74 Å². The van der Waals surface area contributed by atoms with Crippen LogP contribution in [0.25, 0.3) is 0 Å². The van der Waals surface area contributed by atoms with Crippen molar-refractivity contribution < 1.29 is 14.5 Å². The third-order valence-corrected chi connectivity index (χ3v) is 2.42. The summed E-state index contributed by atoms with van der Waals surface area (Å²) in [6.45, 7) is 6.01. The van der Waals surface area contributed by atoms with Gasteiger partial charge in [-0.2, -0.15) is 0 Å². The van der Waals surface area contributed by atoms with Crippen LogP contribution < -0.4 is 0 Å². The third kappa shape index (κ3) is 3.55. The van der Waals surface area contributed by atoms with Gasteiger partial charge in [-0.15, -0.1) is 0 Å². The van der Waals surface area contributed by atoms with Crippen molar-refractivity contribution in [3.05, 3.63) is 39.4 Å². The van der Waals surface area contributed by atoms with Crippen molar-refractivity contribution in [1.29, 1.82) is 0 Å². The molecule has 0 heterocycles. The number of nitro benzene ring substituents is 1. The molecular formula is C13H17NO4. The van der Waals surface area contributed by atoms with Gasteiger partial charge in [-0.05, 0) is 17.9 Å². The largest absolute Gasteiger partial charge is 0.465 e. The van der Waals surface area contributed by atoms with Crippen LogP contribution in [0.4, 0.5) is 5.69 Å². The quantitative estimate of drug-likeness (QED) is 0.470. The van der Waals surface area contributed by atoms with Crippen molar-refractivity contribution in [3.8, 4) is 0 Å². The highest BCUT2D eigenvalue weighted by Gasteiger charge is 2.21. The molecule has 0 saturated carbocycles. The van der Waals surface area contributed by atoms with E-state index in [0.717, 1.165) is 0 Å². The summed E-state index contributed by atoms with van der Waals surface area (Å²) in [4.78, 5) is 21.9. The summed E-state index contributed by atoms with van der Waals surface area (Å²) in [6, 6.07) is 4.45. The smallest absolute Gasteiger partial charge is 0.338 e. The molecule has 18 heavy (non-hydrogen) atoms. The molecule has 0 aliphatic rings. The highest BCUT2D eigenvalue weighted by Crippen LogP contribution is 2.28. The van der Waals surface area contributed by atoms with Crippen molar-refractivity contribution in [1.82, 2.24) is 0 Å². The molecule has 0 amide bonds. The van der Waals surface area contributed by atoms with Gasteiger partial charge in [0.05, 0.1) is 17.6 Å². The predicted molar refractivity (Wildman–Crippen MR) is 67.6 cm³/mol. The molecule has 0 aliphatic carbocycles. The number of nitro groups is 1. The number of ether oxygens (including phenoxy) is 1. The van der Waals surface area contributed by atoms with E-state index in [9.17, 15) is 14.9 Å². The summed E-state index contributed by atoms with van der Waals surface area (Å²) in [5.74, 6) is -0.569. The average Bonchev–Trinajstić information content (AvgIpc) is 2.26. The fourth-order valence-corrected chi connectivity index (χ4v) is 1.70. The Morgan fingerprint density at radius 1 is 1.39 bits per heavy atom. The minimum Gasteiger partial charge on any atom is -0.465 e. The Bertz CT molecular complexity index is 474. The number of benzene rings is 1. The fourth-order valence-electron chi connectivity index (χ4n) is 1.70. The van der Waals surface area contributed by atoms with Crippen molar-refractivity contribution >= 4 is 11.7 Å². The highest BCUT2D eigenvalue weighted by atomic mass is 16.6. The predicted octanol–water partition coefficient (Wildman–Crippen LogP) is 2.97. The molecule has 0 saturated heterocycles. The van der Waals surface area contributed by atoms with E-state index in [1.807, 2.05) is 20.8 Å². The summed E-state index contributed by atoms with van der Waals surface area (Å²) >= 11 is 0. The average molecular weight is 251 g/mol. The second-order valence-electron chi connectivity index (χ2n) is 5.33. The molecule has 0 N–H and O–H groups in total. The first-order valence-corrected chi connectivity index (χ1v) is 5.60. The Morgan fingerprint density at radius 2 is 2.00 bits per heavy atom. The number of rotatable bonds is 3. The topological polar surface area (TPSA) is 69.4 Å². The zero-order valence-electron chi connectivity index (χ0n) is 11.0. The summed E-state index contributed by atoms with van der Waals surface area (Å²) in [5.41, 5.74) is 0.729. The molecule has 0 atom stereocenters. The van der Waals surface area contributed by atoms with Gasteiger partial charge in [0, 0.05) is 11.6 Å². The Balaban J connectivity index is 3.21. The van der Waals surface area contributed by atoms with Crippen LogP contribution in [0.2, 0.25) is 0 Å². The van der Waals surface area contributed by atoms with Gasteiger partial charge in [0.25, 0.3) is 5.69 Å². The lowest BCUT2D eigenvalue weighted by Gasteiger charge is -2.18. The zero-order chi connectivity index (χ0) is 13.9. The lowest BCUT2D eigenvalue weighted by Crippen LogP contribution is -2.11. The lowest BCUT2D eigenvalue weighted by molar-refractivity contribution is -0.385. The number of hydrogen-bond donors (Lipinski definition) is 0. The monoisotopic (exact) mass is 251 g/mol. The summed E-state index contributed by atoms with van der Waals surface area (Å²) in [5, 5.41) is 11.0. The molecule has 0 spiro atoms. The van der Waals surface area contributed by atoms with E-state index in [1.165, 1.54) is 13.2 Å². The molecule has 0 radical (unpaired) electrons. The van der Waals surface area contributed by atoms with Crippen molar-refractivity contribution in [3.63, 3.8) is 0 Å². The molecule has 0 unspecified atom stereocenters. The minimum atomic E-state index is -0.569. The molecule has 0 aromatic heterocycles. The summed E-state index contributed by atoms with van der Waals surface area (Å²) in [6.07, 6.45) is 0.574. The van der Waals surface area contributed by atoms with Crippen molar-refractivity contribution in [2.75, 3.05) is 7.11 Å². The molecular weight excluding hydrogens is 234 g/mol. The van der Waals surface area contributed by atoms with Crippen LogP contribution in [-0.4, -0.2) is 18.0 Å². The van der Waals surface area contributed by atoms with Crippen molar-refractivity contribution in [2.24, 2.45) is 5.41 Å². The second-order valence-corrected chi connectivity index (χ2v) is 5.33. The SMILES string of the molecule is COC(=O)c1ccc(CC(C)(C)C)c([N+](=O)[O-])c1. The molecule has 0 aliphatic heterocycles. The van der Waals surface area contributed by atoms with Crippen LogP contribution in [0, 0.1) is 15.5 Å². The zero-order valence-corrected chi connectivity index (χ0v) is 11.0. The lowest BCUT2D eigenvalue weighted by atomic mass is 9.87. The van der Waals surface area contributed by atoms with Crippen LogP contribution in [0.3, 0.4) is 0 Å². The van der Waals surface area contributed by atoms with E-state index < -0.39 is 10.9 Å². The van der Waals surface area contributed by atoms with Crippen LogP contribution in [0.5, 0.6) is 0 Å². The molecule has 1 aromatic carbocycles. The van der Waals surface area contributed by atoms with Gasteiger partial charge in [0.15, 0.2) is 0 Å². The van der Waals surface area contributed by atoms with Crippen molar-refractivity contribution in [2.45, 2.75) is 27.2 Å². The number of carbonyl (C=O) groups excluding carboxylic acids is 1. The number of methoxy groups -OCH3 is 1. The molecule has 5 nitrogen and oxygen atoms in total. The second kappa shape index (κ2) is 5.16. The van der Waals surface area contributed by atoms with E-state index >= 15 is 0 Å². The normalized spacial score (nSPS) is 11.1. The minimum absolute atomic E-state index is 0.0344. The maximum atomic E-state index is 11.3. The first-order valence-electron chi connectivity index (χ1n) is 5.60. The first-order chi connectivity index (χ1) is 8.24. The maximum absolute atomic E-state index is 11.3. The van der Waals surface area contributed by atoms with E-state index in [2.05, 4.69) is 4.74 Å². The highest BCUT2D eigenvalue weighted by molar-refractivity contribution is 5.90. The molecule has 0 bridgehead atoms. The fraction of sp³-hybridized carbons (Fsp3) is 0.462. The Labute approximate surface area is 106 Å².